The van der Waals surface area contributed by atoms with Gasteiger partial charge < -0.3 is 14.2 Å². The fourth-order valence-electron chi connectivity index (χ4n) is 5.71. The summed E-state index contributed by atoms with van der Waals surface area (Å²) in [5.74, 6) is -0.937. The molecule has 0 saturated carbocycles. The molecule has 0 aliphatic heterocycles. The molecule has 0 N–H and O–H groups in total. The van der Waals surface area contributed by atoms with Gasteiger partial charge in [-0.25, -0.2) is 0 Å². The van der Waals surface area contributed by atoms with Crippen LogP contribution in [0, 0.1) is 0 Å². The van der Waals surface area contributed by atoms with E-state index < -0.39 is 6.10 Å². The lowest BCUT2D eigenvalue weighted by Crippen LogP contribution is -2.30. The second-order valence-corrected chi connectivity index (χ2v) is 13.6. The van der Waals surface area contributed by atoms with Crippen molar-refractivity contribution in [2.45, 2.75) is 219 Å². The minimum absolute atomic E-state index is 0.0729. The molecule has 6 nitrogen and oxygen atoms in total. The smallest absolute Gasteiger partial charge is 0.306 e. The summed E-state index contributed by atoms with van der Waals surface area (Å²) in [4.78, 5) is 36.7. The molecule has 0 radical (unpaired) electrons. The van der Waals surface area contributed by atoms with Crippen molar-refractivity contribution in [2.24, 2.45) is 0 Å². The van der Waals surface area contributed by atoms with Crippen molar-refractivity contribution in [1.29, 1.82) is 0 Å². The summed E-state index contributed by atoms with van der Waals surface area (Å²) >= 11 is 0. The molecule has 6 heteroatoms. The Balaban J connectivity index is 4.00. The maximum Gasteiger partial charge on any atom is 0.306 e. The quantitative estimate of drug-likeness (QED) is 0.0287. The van der Waals surface area contributed by atoms with Crippen LogP contribution in [0.5, 0.6) is 0 Å². The summed E-state index contributed by atoms with van der Waals surface area (Å²) < 4.78 is 16.3. The highest BCUT2D eigenvalue weighted by atomic mass is 16.6. The van der Waals surface area contributed by atoms with Crippen LogP contribution in [0.3, 0.4) is 0 Å². The molecular formula is C41H76O6. The van der Waals surface area contributed by atoms with Gasteiger partial charge in [0.1, 0.15) is 13.2 Å². The number of ether oxygens (including phenoxy) is 3. The van der Waals surface area contributed by atoms with Crippen molar-refractivity contribution in [1.82, 2.24) is 0 Å². The van der Waals surface area contributed by atoms with Gasteiger partial charge in [0.25, 0.3) is 0 Å². The molecule has 0 heterocycles. The lowest BCUT2D eigenvalue weighted by atomic mass is 10.0. The number of carbonyl (C=O) groups excluding carboxylic acids is 3. The Hall–Kier alpha value is -1.85. The largest absolute Gasteiger partial charge is 0.462 e. The van der Waals surface area contributed by atoms with Gasteiger partial charge in [0.05, 0.1) is 0 Å². The minimum Gasteiger partial charge on any atom is -0.462 e. The summed E-state index contributed by atoms with van der Waals surface area (Å²) in [6, 6.07) is 0. The maximum atomic E-state index is 12.5. The van der Waals surface area contributed by atoms with Crippen molar-refractivity contribution in [2.75, 3.05) is 13.2 Å². The third-order valence-corrected chi connectivity index (χ3v) is 8.74. The number of esters is 3. The lowest BCUT2D eigenvalue weighted by Gasteiger charge is -2.18. The highest BCUT2D eigenvalue weighted by Gasteiger charge is 2.19. The molecule has 0 rings (SSSR count). The zero-order valence-electron chi connectivity index (χ0n) is 31.3. The van der Waals surface area contributed by atoms with Crippen LogP contribution >= 0.6 is 0 Å². The first-order valence-corrected chi connectivity index (χ1v) is 20.2. The first-order chi connectivity index (χ1) is 23.0. The van der Waals surface area contributed by atoms with Crippen LogP contribution in [0.15, 0.2) is 12.2 Å². The summed E-state index contributed by atoms with van der Waals surface area (Å²) in [5, 5.41) is 0. The molecule has 0 spiro atoms. The summed E-state index contributed by atoms with van der Waals surface area (Å²) in [7, 11) is 0. The van der Waals surface area contributed by atoms with Gasteiger partial charge in [-0.1, -0.05) is 161 Å². The average Bonchev–Trinajstić information content (AvgIpc) is 3.06. The Kier molecular flexibility index (Phi) is 35.5. The molecule has 276 valence electrons. The van der Waals surface area contributed by atoms with Gasteiger partial charge >= 0.3 is 17.9 Å². The molecule has 0 aromatic carbocycles. The van der Waals surface area contributed by atoms with E-state index in [0.717, 1.165) is 38.5 Å². The van der Waals surface area contributed by atoms with Crippen molar-refractivity contribution < 1.29 is 28.6 Å². The van der Waals surface area contributed by atoms with E-state index in [0.29, 0.717) is 25.7 Å². The predicted octanol–water partition coefficient (Wildman–Crippen LogP) is 12.3. The molecule has 0 aliphatic carbocycles. The highest BCUT2D eigenvalue weighted by molar-refractivity contribution is 5.71. The van der Waals surface area contributed by atoms with E-state index in [4.69, 9.17) is 14.2 Å². The first-order valence-electron chi connectivity index (χ1n) is 20.2. The number of unbranched alkanes of at least 4 members (excludes halogenated alkanes) is 23. The predicted molar refractivity (Wildman–Crippen MR) is 196 cm³/mol. The number of allylic oxidation sites excluding steroid dienone is 2. The van der Waals surface area contributed by atoms with Gasteiger partial charge in [0.2, 0.25) is 0 Å². The maximum absolute atomic E-state index is 12.5. The van der Waals surface area contributed by atoms with Crippen LogP contribution in [-0.2, 0) is 28.6 Å². The van der Waals surface area contributed by atoms with E-state index in [2.05, 4.69) is 26.0 Å². The van der Waals surface area contributed by atoms with E-state index in [1.165, 1.54) is 128 Å². The van der Waals surface area contributed by atoms with E-state index in [9.17, 15) is 14.4 Å². The Labute approximate surface area is 290 Å². The van der Waals surface area contributed by atoms with Crippen LogP contribution in [0.25, 0.3) is 0 Å². The molecule has 1 unspecified atom stereocenters. The normalized spacial score (nSPS) is 12.0. The molecule has 0 saturated heterocycles. The van der Waals surface area contributed by atoms with Crippen LogP contribution in [0.4, 0.5) is 0 Å². The average molecular weight is 665 g/mol. The van der Waals surface area contributed by atoms with E-state index in [1.807, 2.05) is 6.92 Å². The Morgan fingerprint density at radius 3 is 1.17 bits per heavy atom. The topological polar surface area (TPSA) is 78.9 Å². The van der Waals surface area contributed by atoms with E-state index in [1.54, 1.807) is 0 Å². The zero-order valence-corrected chi connectivity index (χ0v) is 31.3. The highest BCUT2D eigenvalue weighted by Crippen LogP contribution is 2.14. The second-order valence-electron chi connectivity index (χ2n) is 13.6. The van der Waals surface area contributed by atoms with Gasteiger partial charge in [-0.15, -0.1) is 0 Å². The fourth-order valence-corrected chi connectivity index (χ4v) is 5.71. The van der Waals surface area contributed by atoms with Gasteiger partial charge in [0, 0.05) is 19.3 Å². The summed E-state index contributed by atoms with van der Waals surface area (Å²) in [5.41, 5.74) is 0. The first kappa shape index (κ1) is 45.2. The monoisotopic (exact) mass is 665 g/mol. The third-order valence-electron chi connectivity index (χ3n) is 8.74. The minimum atomic E-state index is -0.760. The van der Waals surface area contributed by atoms with Gasteiger partial charge in [0.15, 0.2) is 6.10 Å². The van der Waals surface area contributed by atoms with Gasteiger partial charge in [-0.2, -0.15) is 0 Å². The molecule has 0 bridgehead atoms. The van der Waals surface area contributed by atoms with Gasteiger partial charge in [-0.05, 0) is 44.9 Å². The number of hydrogen-bond acceptors (Lipinski definition) is 6. The molecule has 0 aromatic heterocycles. The van der Waals surface area contributed by atoms with E-state index >= 15 is 0 Å². The van der Waals surface area contributed by atoms with E-state index in [-0.39, 0.29) is 31.1 Å². The molecule has 0 aromatic rings. The molecular weight excluding hydrogens is 588 g/mol. The van der Waals surface area contributed by atoms with Gasteiger partial charge in [-0.3, -0.25) is 14.4 Å². The summed E-state index contributed by atoms with van der Waals surface area (Å²) in [6.07, 6.45) is 37.5. The number of hydrogen-bond donors (Lipinski definition) is 0. The van der Waals surface area contributed by atoms with Crippen molar-refractivity contribution >= 4 is 17.9 Å². The lowest BCUT2D eigenvalue weighted by molar-refractivity contribution is -0.167. The van der Waals surface area contributed by atoms with Crippen LogP contribution in [0.2, 0.25) is 0 Å². The molecule has 0 aliphatic rings. The van der Waals surface area contributed by atoms with Crippen LogP contribution in [0.1, 0.15) is 213 Å². The Morgan fingerprint density at radius 2 is 0.745 bits per heavy atom. The zero-order chi connectivity index (χ0) is 34.5. The summed E-state index contributed by atoms with van der Waals surface area (Å²) in [6.45, 7) is 6.27. The molecule has 0 amide bonds. The second kappa shape index (κ2) is 37.0. The molecule has 0 fully saturated rings. The third kappa shape index (κ3) is 35.3. The van der Waals surface area contributed by atoms with Crippen molar-refractivity contribution in [3.8, 4) is 0 Å². The van der Waals surface area contributed by atoms with Crippen molar-refractivity contribution in [3.05, 3.63) is 12.2 Å². The Morgan fingerprint density at radius 1 is 0.404 bits per heavy atom. The number of rotatable bonds is 36. The molecule has 47 heavy (non-hydrogen) atoms. The number of carbonyl (C=O) groups is 3. The van der Waals surface area contributed by atoms with Crippen molar-refractivity contribution in [3.63, 3.8) is 0 Å². The SMILES string of the molecule is CCCCCCC=CCCCCCCCCCC(=O)OC(COC(=O)CCC)COC(=O)CCCCCCCCCCCCCCC. The standard InChI is InChI=1S/C41H76O6/c1-4-7-9-11-13-15-17-19-20-22-24-26-28-30-32-35-41(44)47-38(36-45-39(42)33-6-3)37-46-40(43)34-31-29-27-25-23-21-18-16-14-12-10-8-5-2/h15,17,38H,4-14,16,18-37H2,1-3H3. The molecule has 1 atom stereocenters. The van der Waals surface area contributed by atoms with Crippen LogP contribution < -0.4 is 0 Å². The van der Waals surface area contributed by atoms with Crippen LogP contribution in [-0.4, -0.2) is 37.2 Å². The fraction of sp³-hybridized carbons (Fsp3) is 0.878. The Bertz CT molecular complexity index is 733.